The van der Waals surface area contributed by atoms with Crippen LogP contribution in [-0.2, 0) is 0 Å². The zero-order valence-corrected chi connectivity index (χ0v) is 7.74. The largest absolute Gasteiger partial charge is 0.0734 e. The van der Waals surface area contributed by atoms with Crippen LogP contribution in [0.2, 0.25) is 0 Å². The van der Waals surface area contributed by atoms with Gasteiger partial charge in [0.1, 0.15) is 0 Å². The van der Waals surface area contributed by atoms with Crippen LogP contribution in [0.1, 0.15) is 19.3 Å². The summed E-state index contributed by atoms with van der Waals surface area (Å²) < 4.78 is 0. The van der Waals surface area contributed by atoms with Crippen molar-refractivity contribution in [2.45, 2.75) is 19.3 Å². The van der Waals surface area contributed by atoms with Gasteiger partial charge in [0.05, 0.1) is 0 Å². The predicted octanol–water partition coefficient (Wildman–Crippen LogP) is 3.56. The molecule has 0 aromatic heterocycles. The highest BCUT2D eigenvalue weighted by Gasteiger charge is 2.07. The minimum atomic E-state index is 1.21. The first-order valence-electron chi connectivity index (χ1n) is 4.86. The summed E-state index contributed by atoms with van der Waals surface area (Å²) >= 11 is 0. The monoisotopic (exact) mass is 170 g/mol. The van der Waals surface area contributed by atoms with Gasteiger partial charge in [-0.2, -0.15) is 0 Å². The van der Waals surface area contributed by atoms with E-state index in [9.17, 15) is 0 Å². The van der Waals surface area contributed by atoms with Crippen molar-refractivity contribution in [3.63, 3.8) is 0 Å². The molecular weight excluding hydrogens is 156 g/mol. The second-order valence-electron chi connectivity index (χ2n) is 3.44. The van der Waals surface area contributed by atoms with Crippen LogP contribution in [0.4, 0.5) is 0 Å². The quantitative estimate of drug-likeness (QED) is 0.605. The van der Waals surface area contributed by atoms with E-state index in [-0.39, 0.29) is 0 Å². The second kappa shape index (κ2) is 4.27. The Hall–Kier alpha value is -1.04. The molecule has 0 N–H and O–H groups in total. The van der Waals surface area contributed by atoms with Gasteiger partial charge in [0.2, 0.25) is 0 Å². The van der Waals surface area contributed by atoms with E-state index in [0.717, 1.165) is 0 Å². The van der Waals surface area contributed by atoms with E-state index < -0.39 is 0 Å². The Bertz CT molecular complexity index is 214. The Labute approximate surface area is 80.3 Å². The fourth-order valence-electron chi connectivity index (χ4n) is 1.66. The van der Waals surface area contributed by atoms with Gasteiger partial charge in [-0.25, -0.2) is 0 Å². The summed E-state index contributed by atoms with van der Waals surface area (Å²) in [6, 6.07) is 0. The molecule has 0 aromatic rings. The third-order valence-electron chi connectivity index (χ3n) is 2.39. The summed E-state index contributed by atoms with van der Waals surface area (Å²) in [6.07, 6.45) is 20.9. The molecule has 13 heavy (non-hydrogen) atoms. The maximum absolute atomic E-state index is 2.20. The second-order valence-corrected chi connectivity index (χ2v) is 3.44. The molecular formula is C13H14. The van der Waals surface area contributed by atoms with Crippen molar-refractivity contribution in [1.82, 2.24) is 0 Å². The van der Waals surface area contributed by atoms with Crippen LogP contribution in [0, 0.1) is 11.8 Å². The van der Waals surface area contributed by atoms with Gasteiger partial charge >= 0.3 is 0 Å². The number of rotatable bonds is 4. The summed E-state index contributed by atoms with van der Waals surface area (Å²) in [4.78, 5) is 0. The molecule has 0 unspecified atom stereocenters. The van der Waals surface area contributed by atoms with Crippen LogP contribution in [0.25, 0.3) is 0 Å². The molecule has 0 aliphatic heterocycles. The van der Waals surface area contributed by atoms with Crippen LogP contribution >= 0.6 is 0 Å². The van der Waals surface area contributed by atoms with Crippen molar-refractivity contribution in [1.29, 1.82) is 0 Å². The fraction of sp³-hybridized carbons (Fsp3) is 0.231. The standard InChI is InChI=1S/C13H14/c1-2-7-12(6-1)10-5-11-13-8-3-4-9-13/h1-4,6-9H,5,10-11H2. The molecule has 2 rings (SSSR count). The lowest BCUT2D eigenvalue weighted by atomic mass is 9.98. The lowest BCUT2D eigenvalue weighted by Gasteiger charge is -2.06. The molecule has 0 nitrogen and oxygen atoms in total. The zero-order valence-electron chi connectivity index (χ0n) is 7.74. The van der Waals surface area contributed by atoms with Crippen molar-refractivity contribution in [3.8, 4) is 0 Å². The Morgan fingerprint density at radius 1 is 0.615 bits per heavy atom. The summed E-state index contributed by atoms with van der Waals surface area (Å²) in [5.41, 5.74) is 0. The number of hydrogen-bond acceptors (Lipinski definition) is 0. The molecule has 2 radical (unpaired) electrons. The Balaban J connectivity index is 1.63. The summed E-state index contributed by atoms with van der Waals surface area (Å²) in [7, 11) is 0. The molecule has 0 aromatic carbocycles. The van der Waals surface area contributed by atoms with E-state index in [1.54, 1.807) is 0 Å². The predicted molar refractivity (Wildman–Crippen MR) is 56.9 cm³/mol. The van der Waals surface area contributed by atoms with Crippen LogP contribution < -0.4 is 0 Å². The molecule has 0 fully saturated rings. The van der Waals surface area contributed by atoms with Gasteiger partial charge < -0.3 is 0 Å². The average molecular weight is 170 g/mol. The van der Waals surface area contributed by atoms with Crippen LogP contribution in [0.15, 0.2) is 48.6 Å². The third kappa shape index (κ3) is 2.45. The summed E-state index contributed by atoms with van der Waals surface area (Å²) in [6.45, 7) is 0. The number of hydrogen-bond donors (Lipinski definition) is 0. The van der Waals surface area contributed by atoms with E-state index in [2.05, 4.69) is 48.6 Å². The van der Waals surface area contributed by atoms with Gasteiger partial charge in [-0.15, -0.1) is 0 Å². The van der Waals surface area contributed by atoms with Gasteiger partial charge in [-0.05, 0) is 12.8 Å². The molecule has 0 saturated carbocycles. The van der Waals surface area contributed by atoms with Crippen molar-refractivity contribution in [3.05, 3.63) is 60.4 Å². The van der Waals surface area contributed by atoms with Crippen LogP contribution in [0.3, 0.4) is 0 Å². The van der Waals surface area contributed by atoms with Gasteiger partial charge in [0.25, 0.3) is 0 Å². The van der Waals surface area contributed by atoms with Crippen molar-refractivity contribution in [2.75, 3.05) is 0 Å². The summed E-state index contributed by atoms with van der Waals surface area (Å²) in [5, 5.41) is 0. The minimum absolute atomic E-state index is 1.21. The van der Waals surface area contributed by atoms with Gasteiger partial charge in [0.15, 0.2) is 0 Å². The molecule has 0 heterocycles. The van der Waals surface area contributed by atoms with Gasteiger partial charge in [-0.3, -0.25) is 0 Å². The first-order valence-corrected chi connectivity index (χ1v) is 4.86. The normalized spacial score (nSPS) is 20.9. The molecule has 0 atom stereocenters. The molecule has 66 valence electrons. The highest BCUT2D eigenvalue weighted by Crippen LogP contribution is 2.23. The van der Waals surface area contributed by atoms with E-state index in [4.69, 9.17) is 0 Å². The van der Waals surface area contributed by atoms with Crippen molar-refractivity contribution >= 4 is 0 Å². The minimum Gasteiger partial charge on any atom is -0.0734 e. The Morgan fingerprint density at radius 2 is 1.00 bits per heavy atom. The van der Waals surface area contributed by atoms with E-state index in [0.29, 0.717) is 0 Å². The third-order valence-corrected chi connectivity index (χ3v) is 2.39. The Morgan fingerprint density at radius 3 is 1.38 bits per heavy atom. The lowest BCUT2D eigenvalue weighted by molar-refractivity contribution is 0.768. The smallest absolute Gasteiger partial charge is 0.0193 e. The van der Waals surface area contributed by atoms with E-state index >= 15 is 0 Å². The highest BCUT2D eigenvalue weighted by molar-refractivity contribution is 5.35. The maximum atomic E-state index is 2.20. The maximum Gasteiger partial charge on any atom is 0.0193 e. The van der Waals surface area contributed by atoms with Crippen LogP contribution in [0.5, 0.6) is 0 Å². The highest BCUT2D eigenvalue weighted by atomic mass is 14.1. The molecule has 0 spiro atoms. The molecule has 2 aliphatic carbocycles. The average Bonchev–Trinajstić information content (AvgIpc) is 2.75. The summed E-state index contributed by atoms with van der Waals surface area (Å²) in [5.74, 6) is 2.93. The molecule has 0 bridgehead atoms. The number of allylic oxidation sites excluding steroid dienone is 8. The lowest BCUT2D eigenvalue weighted by Crippen LogP contribution is -1.90. The van der Waals surface area contributed by atoms with Gasteiger partial charge in [-0.1, -0.05) is 55.0 Å². The topological polar surface area (TPSA) is 0 Å². The molecule has 2 aliphatic rings. The first kappa shape index (κ1) is 8.55. The molecule has 0 heteroatoms. The molecule has 0 amide bonds. The molecule has 0 saturated heterocycles. The van der Waals surface area contributed by atoms with E-state index in [1.807, 2.05) is 0 Å². The first-order chi connectivity index (χ1) is 6.45. The van der Waals surface area contributed by atoms with E-state index in [1.165, 1.54) is 31.1 Å². The SMILES string of the molecule is C1=C[C](CCC[C]2C=CC=C2)C=C1. The zero-order chi connectivity index (χ0) is 8.93. The van der Waals surface area contributed by atoms with Crippen LogP contribution in [-0.4, -0.2) is 0 Å². The fourth-order valence-corrected chi connectivity index (χ4v) is 1.66. The Kier molecular flexibility index (Phi) is 2.81. The van der Waals surface area contributed by atoms with Crippen molar-refractivity contribution < 1.29 is 0 Å². The van der Waals surface area contributed by atoms with Gasteiger partial charge in [0, 0.05) is 11.8 Å². The van der Waals surface area contributed by atoms with Crippen molar-refractivity contribution in [2.24, 2.45) is 0 Å².